The molecule has 0 atom stereocenters. The van der Waals surface area contributed by atoms with Crippen molar-refractivity contribution in [2.24, 2.45) is 0 Å². The van der Waals surface area contributed by atoms with Crippen molar-refractivity contribution in [1.82, 2.24) is 9.88 Å². The SMILES string of the molecule is Bc1cc(C(=O)N(C)CCC)cnc1N. The van der Waals surface area contributed by atoms with Gasteiger partial charge in [-0.05, 0) is 11.9 Å². The largest absolute Gasteiger partial charge is 0.384 e. The molecule has 5 heteroatoms. The molecular weight excluding hydrogens is 189 g/mol. The van der Waals surface area contributed by atoms with Gasteiger partial charge in [-0.2, -0.15) is 0 Å². The molecule has 4 nitrogen and oxygen atoms in total. The van der Waals surface area contributed by atoms with E-state index in [1.807, 2.05) is 14.8 Å². The van der Waals surface area contributed by atoms with E-state index in [9.17, 15) is 4.79 Å². The molecule has 0 aromatic carbocycles. The van der Waals surface area contributed by atoms with Crippen molar-refractivity contribution in [2.75, 3.05) is 19.3 Å². The van der Waals surface area contributed by atoms with Gasteiger partial charge >= 0.3 is 0 Å². The lowest BCUT2D eigenvalue weighted by Gasteiger charge is -2.16. The van der Waals surface area contributed by atoms with Crippen LogP contribution in [0.25, 0.3) is 0 Å². The van der Waals surface area contributed by atoms with E-state index in [1.54, 1.807) is 18.0 Å². The number of nitrogens with two attached hydrogens (primary N) is 1. The third-order valence-electron chi connectivity index (χ3n) is 2.27. The molecule has 1 amide bonds. The topological polar surface area (TPSA) is 59.2 Å². The molecule has 15 heavy (non-hydrogen) atoms. The second-order valence-electron chi connectivity index (χ2n) is 3.65. The van der Waals surface area contributed by atoms with Crippen molar-refractivity contribution in [3.8, 4) is 0 Å². The van der Waals surface area contributed by atoms with Gasteiger partial charge in [0.05, 0.1) is 5.56 Å². The van der Waals surface area contributed by atoms with Crippen molar-refractivity contribution in [1.29, 1.82) is 0 Å². The van der Waals surface area contributed by atoms with Crippen molar-refractivity contribution in [3.05, 3.63) is 17.8 Å². The van der Waals surface area contributed by atoms with Crippen LogP contribution >= 0.6 is 0 Å². The minimum atomic E-state index is -0.00699. The summed E-state index contributed by atoms with van der Waals surface area (Å²) in [5.74, 6) is 0.470. The van der Waals surface area contributed by atoms with E-state index in [2.05, 4.69) is 4.98 Å². The zero-order chi connectivity index (χ0) is 11.4. The van der Waals surface area contributed by atoms with Crippen LogP contribution in [0.4, 0.5) is 5.82 Å². The number of pyridine rings is 1. The first-order valence-corrected chi connectivity index (χ1v) is 5.03. The average molecular weight is 205 g/mol. The fourth-order valence-corrected chi connectivity index (χ4v) is 1.36. The Hall–Kier alpha value is -1.52. The molecule has 0 saturated heterocycles. The lowest BCUT2D eigenvalue weighted by atomic mass is 9.95. The van der Waals surface area contributed by atoms with Gasteiger partial charge in [-0.15, -0.1) is 0 Å². The van der Waals surface area contributed by atoms with Gasteiger partial charge in [0.25, 0.3) is 5.91 Å². The maximum Gasteiger partial charge on any atom is 0.255 e. The quantitative estimate of drug-likeness (QED) is 0.670. The third-order valence-corrected chi connectivity index (χ3v) is 2.27. The van der Waals surface area contributed by atoms with E-state index in [0.717, 1.165) is 18.4 Å². The number of nitrogens with zero attached hydrogens (tertiary/aromatic N) is 2. The molecule has 1 aromatic heterocycles. The number of amides is 1. The Kier molecular flexibility index (Phi) is 3.71. The van der Waals surface area contributed by atoms with Crippen LogP contribution in [0.5, 0.6) is 0 Å². The fraction of sp³-hybridized carbons (Fsp3) is 0.400. The number of nitrogen functional groups attached to an aromatic ring is 1. The highest BCUT2D eigenvalue weighted by molar-refractivity contribution is 6.35. The summed E-state index contributed by atoms with van der Waals surface area (Å²) in [5.41, 5.74) is 7.02. The molecule has 0 saturated carbocycles. The molecule has 0 unspecified atom stereocenters. The predicted molar refractivity (Wildman–Crippen MR) is 64.1 cm³/mol. The predicted octanol–water partition coefficient (Wildman–Crippen LogP) is -0.596. The molecule has 1 aromatic rings. The minimum Gasteiger partial charge on any atom is -0.384 e. The van der Waals surface area contributed by atoms with Gasteiger partial charge < -0.3 is 10.6 Å². The summed E-state index contributed by atoms with van der Waals surface area (Å²) in [4.78, 5) is 17.5. The molecule has 0 aliphatic carbocycles. The van der Waals surface area contributed by atoms with Gasteiger partial charge in [-0.25, -0.2) is 4.98 Å². The molecule has 0 bridgehead atoms. The van der Waals surface area contributed by atoms with Crippen LogP contribution in [0, 0.1) is 0 Å². The maximum atomic E-state index is 11.8. The van der Waals surface area contributed by atoms with Gasteiger partial charge in [0.2, 0.25) is 0 Å². The summed E-state index contributed by atoms with van der Waals surface area (Å²) in [7, 11) is 3.64. The minimum absolute atomic E-state index is 0.00699. The molecule has 0 fully saturated rings. The Labute approximate surface area is 90.9 Å². The molecule has 0 radical (unpaired) electrons. The first kappa shape index (κ1) is 11.6. The first-order chi connectivity index (χ1) is 7.06. The highest BCUT2D eigenvalue weighted by Gasteiger charge is 2.11. The van der Waals surface area contributed by atoms with E-state index in [1.165, 1.54) is 6.20 Å². The monoisotopic (exact) mass is 205 g/mol. The molecule has 0 spiro atoms. The molecule has 0 aliphatic rings. The zero-order valence-electron chi connectivity index (χ0n) is 9.45. The van der Waals surface area contributed by atoms with Gasteiger partial charge in [-0.1, -0.05) is 13.0 Å². The van der Waals surface area contributed by atoms with Crippen LogP contribution in [0.1, 0.15) is 23.7 Å². The number of carbonyl (C=O) groups excluding carboxylic acids is 1. The van der Waals surface area contributed by atoms with E-state index >= 15 is 0 Å². The van der Waals surface area contributed by atoms with Crippen LogP contribution in [0.2, 0.25) is 0 Å². The second kappa shape index (κ2) is 4.82. The summed E-state index contributed by atoms with van der Waals surface area (Å²) in [5, 5.41) is 0. The van der Waals surface area contributed by atoms with E-state index < -0.39 is 0 Å². The highest BCUT2D eigenvalue weighted by atomic mass is 16.2. The maximum absolute atomic E-state index is 11.8. The Bertz CT molecular complexity index is 368. The smallest absolute Gasteiger partial charge is 0.255 e. The summed E-state index contributed by atoms with van der Waals surface area (Å²) < 4.78 is 0. The Morgan fingerprint density at radius 1 is 1.67 bits per heavy atom. The molecular formula is C10H16BN3O. The van der Waals surface area contributed by atoms with Gasteiger partial charge in [0, 0.05) is 19.8 Å². The van der Waals surface area contributed by atoms with Crippen molar-refractivity contribution in [2.45, 2.75) is 13.3 Å². The van der Waals surface area contributed by atoms with Crippen molar-refractivity contribution < 1.29 is 4.79 Å². The van der Waals surface area contributed by atoms with Gasteiger partial charge in [-0.3, -0.25) is 4.79 Å². The molecule has 0 aliphatic heterocycles. The van der Waals surface area contributed by atoms with Crippen molar-refractivity contribution in [3.63, 3.8) is 0 Å². The number of anilines is 1. The van der Waals surface area contributed by atoms with E-state index in [-0.39, 0.29) is 5.91 Å². The van der Waals surface area contributed by atoms with E-state index in [0.29, 0.717) is 11.4 Å². The Morgan fingerprint density at radius 2 is 2.33 bits per heavy atom. The Morgan fingerprint density at radius 3 is 2.87 bits per heavy atom. The first-order valence-electron chi connectivity index (χ1n) is 5.03. The van der Waals surface area contributed by atoms with Crippen molar-refractivity contribution >= 4 is 25.0 Å². The zero-order valence-corrected chi connectivity index (χ0v) is 9.45. The fourth-order valence-electron chi connectivity index (χ4n) is 1.36. The van der Waals surface area contributed by atoms with Crippen LogP contribution in [-0.2, 0) is 0 Å². The lowest BCUT2D eigenvalue weighted by molar-refractivity contribution is 0.0795. The molecule has 80 valence electrons. The summed E-state index contributed by atoms with van der Waals surface area (Å²) in [6.07, 6.45) is 2.47. The number of hydrogen-bond donors (Lipinski definition) is 1. The number of rotatable bonds is 3. The highest BCUT2D eigenvalue weighted by Crippen LogP contribution is 2.02. The second-order valence-corrected chi connectivity index (χ2v) is 3.65. The van der Waals surface area contributed by atoms with Crippen LogP contribution in [0.15, 0.2) is 12.3 Å². The normalized spacial score (nSPS) is 10.0. The van der Waals surface area contributed by atoms with Crippen LogP contribution < -0.4 is 11.2 Å². The molecule has 1 rings (SSSR count). The molecule has 1 heterocycles. The van der Waals surface area contributed by atoms with Gasteiger partial charge in [0.15, 0.2) is 0 Å². The lowest BCUT2D eigenvalue weighted by Crippen LogP contribution is -2.28. The number of hydrogen-bond acceptors (Lipinski definition) is 3. The van der Waals surface area contributed by atoms with Crippen LogP contribution in [0.3, 0.4) is 0 Å². The number of carbonyl (C=O) groups is 1. The van der Waals surface area contributed by atoms with E-state index in [4.69, 9.17) is 5.73 Å². The Balaban J connectivity index is 2.87. The average Bonchev–Trinajstić information content (AvgIpc) is 2.21. The summed E-state index contributed by atoms with van der Waals surface area (Å²) in [6.45, 7) is 2.79. The summed E-state index contributed by atoms with van der Waals surface area (Å²) in [6, 6.07) is 1.77. The van der Waals surface area contributed by atoms with Gasteiger partial charge in [0.1, 0.15) is 13.7 Å². The standard InChI is InChI=1S/C10H16BN3O/c1-3-4-14(2)10(15)7-5-8(11)9(12)13-6-7/h5-6H,3-4,11H2,1-2H3,(H2,12,13). The number of aromatic nitrogens is 1. The molecule has 2 N–H and O–H groups in total. The van der Waals surface area contributed by atoms with Crippen LogP contribution in [-0.4, -0.2) is 37.2 Å². The summed E-state index contributed by atoms with van der Waals surface area (Å²) >= 11 is 0. The third kappa shape index (κ3) is 2.71.